The fourth-order valence-corrected chi connectivity index (χ4v) is 3.46. The van der Waals surface area contributed by atoms with E-state index in [0.29, 0.717) is 13.1 Å². The summed E-state index contributed by atoms with van der Waals surface area (Å²) in [6.45, 7) is 3.04. The summed E-state index contributed by atoms with van der Waals surface area (Å²) < 4.78 is 45.3. The number of aromatic nitrogens is 2. The van der Waals surface area contributed by atoms with Crippen LogP contribution in [0.3, 0.4) is 0 Å². The molecule has 1 aliphatic rings. The van der Waals surface area contributed by atoms with Crippen LogP contribution < -0.4 is 20.3 Å². The van der Waals surface area contributed by atoms with E-state index in [-0.39, 0.29) is 22.9 Å². The van der Waals surface area contributed by atoms with Gasteiger partial charge in [-0.15, -0.1) is 0 Å². The molecule has 0 aliphatic carbocycles. The molecule has 1 aromatic heterocycles. The molecule has 1 saturated heterocycles. The number of hydrogen-bond donors (Lipinski definition) is 2. The number of ether oxygens (including phenoxy) is 1. The van der Waals surface area contributed by atoms with Crippen molar-refractivity contribution in [1.29, 1.82) is 0 Å². The van der Waals surface area contributed by atoms with Crippen LogP contribution in [-0.2, 0) is 12.7 Å². The number of anilines is 2. The van der Waals surface area contributed by atoms with Gasteiger partial charge in [0, 0.05) is 25.2 Å². The Morgan fingerprint density at radius 2 is 1.97 bits per heavy atom. The molecule has 1 fully saturated rings. The number of alkyl halides is 3. The Hall–Kier alpha value is -2.62. The summed E-state index contributed by atoms with van der Waals surface area (Å²) in [5.74, 6) is 0.811. The van der Waals surface area contributed by atoms with Gasteiger partial charge in [-0.2, -0.15) is 18.2 Å². The molecular weight excluding hydrogens is 415 g/mol. The van der Waals surface area contributed by atoms with Crippen LogP contribution in [0.25, 0.3) is 0 Å². The highest BCUT2D eigenvalue weighted by molar-refractivity contribution is 7.80. The van der Waals surface area contributed by atoms with Gasteiger partial charge in [-0.25, -0.2) is 4.98 Å². The first-order valence-electron chi connectivity index (χ1n) is 9.67. The molecule has 6 nitrogen and oxygen atoms in total. The van der Waals surface area contributed by atoms with Crippen LogP contribution in [0.4, 0.5) is 24.9 Å². The molecule has 1 aromatic carbocycles. The van der Waals surface area contributed by atoms with Crippen LogP contribution in [0.2, 0.25) is 0 Å². The second-order valence-electron chi connectivity index (χ2n) is 7.13. The maximum atomic E-state index is 13.4. The summed E-state index contributed by atoms with van der Waals surface area (Å²) in [6.07, 6.45) is -1.69. The van der Waals surface area contributed by atoms with Crippen LogP contribution in [0.1, 0.15) is 37.4 Å². The number of methoxy groups -OCH3 is 1. The summed E-state index contributed by atoms with van der Waals surface area (Å²) >= 11 is 5.22. The van der Waals surface area contributed by atoms with E-state index < -0.39 is 11.9 Å². The predicted octanol–water partition coefficient (Wildman–Crippen LogP) is 4.37. The Labute approximate surface area is 178 Å². The first-order valence-corrected chi connectivity index (χ1v) is 10.1. The van der Waals surface area contributed by atoms with E-state index in [4.69, 9.17) is 17.0 Å². The number of thiocarbonyl (C=S) groups is 1. The van der Waals surface area contributed by atoms with Crippen molar-refractivity contribution in [3.05, 3.63) is 41.6 Å². The first-order chi connectivity index (χ1) is 14.3. The molecule has 10 heteroatoms. The quantitative estimate of drug-likeness (QED) is 0.671. The smallest absolute Gasteiger partial charge is 0.433 e. The molecule has 2 N–H and O–H groups in total. The molecule has 0 amide bonds. The number of halogens is 3. The van der Waals surface area contributed by atoms with Gasteiger partial charge in [-0.05, 0) is 56.1 Å². The lowest BCUT2D eigenvalue weighted by molar-refractivity contribution is -0.141. The van der Waals surface area contributed by atoms with Crippen molar-refractivity contribution in [2.45, 2.75) is 44.9 Å². The fourth-order valence-electron chi connectivity index (χ4n) is 3.29. The minimum atomic E-state index is -4.58. The van der Waals surface area contributed by atoms with E-state index in [0.717, 1.165) is 36.6 Å². The number of rotatable bonds is 5. The van der Waals surface area contributed by atoms with Crippen molar-refractivity contribution in [2.75, 3.05) is 23.9 Å². The van der Waals surface area contributed by atoms with E-state index in [1.165, 1.54) is 0 Å². The van der Waals surface area contributed by atoms with Crippen LogP contribution in [0, 0.1) is 0 Å². The molecule has 2 aromatic rings. The first kappa shape index (κ1) is 22.1. The second kappa shape index (κ2) is 9.46. The molecule has 30 heavy (non-hydrogen) atoms. The third-order valence-electron chi connectivity index (χ3n) is 4.94. The number of nitrogens with zero attached hydrogens (tertiary/aromatic N) is 3. The molecule has 1 aliphatic heterocycles. The Kier molecular flexibility index (Phi) is 6.96. The summed E-state index contributed by atoms with van der Waals surface area (Å²) in [5.41, 5.74) is -0.0570. The second-order valence-corrected chi connectivity index (χ2v) is 7.53. The standard InChI is InChI=1S/C20H24F3N5OS/c1-13-5-3-4-10-28(13)17-11-16(20(21,22)23)25-18(26-17)27-19(30)24-12-14-6-8-15(29-2)9-7-14/h6-9,11,13H,3-5,10,12H2,1-2H3,(H2,24,25,26,27,30)/t13-/m0/s1. The molecule has 3 rings (SSSR count). The highest BCUT2D eigenvalue weighted by Gasteiger charge is 2.35. The highest BCUT2D eigenvalue weighted by Crippen LogP contribution is 2.32. The topological polar surface area (TPSA) is 62.3 Å². The van der Waals surface area contributed by atoms with E-state index in [9.17, 15) is 13.2 Å². The van der Waals surface area contributed by atoms with Gasteiger partial charge in [0.05, 0.1) is 7.11 Å². The minimum absolute atomic E-state index is 0.114. The van der Waals surface area contributed by atoms with Gasteiger partial charge >= 0.3 is 6.18 Å². The zero-order valence-electron chi connectivity index (χ0n) is 16.8. The van der Waals surface area contributed by atoms with Gasteiger partial charge in [0.2, 0.25) is 5.95 Å². The normalized spacial score (nSPS) is 16.8. The molecule has 2 heterocycles. The molecule has 0 spiro atoms. The van der Waals surface area contributed by atoms with Crippen LogP contribution in [0.5, 0.6) is 5.75 Å². The summed E-state index contributed by atoms with van der Waals surface area (Å²) in [7, 11) is 1.58. The van der Waals surface area contributed by atoms with E-state index in [1.54, 1.807) is 7.11 Å². The molecule has 162 valence electrons. The van der Waals surface area contributed by atoms with Gasteiger partial charge < -0.3 is 20.3 Å². The molecular formula is C20H24F3N5OS. The maximum absolute atomic E-state index is 13.4. The van der Waals surface area contributed by atoms with Gasteiger partial charge in [-0.3, -0.25) is 0 Å². The Morgan fingerprint density at radius 1 is 1.23 bits per heavy atom. The number of benzene rings is 1. The van der Waals surface area contributed by atoms with Gasteiger partial charge in [0.25, 0.3) is 0 Å². The van der Waals surface area contributed by atoms with E-state index in [1.807, 2.05) is 36.1 Å². The van der Waals surface area contributed by atoms with Gasteiger partial charge in [-0.1, -0.05) is 12.1 Å². The lowest BCUT2D eigenvalue weighted by Crippen LogP contribution is -2.38. The fraction of sp³-hybridized carbons (Fsp3) is 0.450. The van der Waals surface area contributed by atoms with E-state index in [2.05, 4.69) is 20.6 Å². The number of hydrogen-bond acceptors (Lipinski definition) is 5. The monoisotopic (exact) mass is 439 g/mol. The molecule has 0 unspecified atom stereocenters. The minimum Gasteiger partial charge on any atom is -0.497 e. The van der Waals surface area contributed by atoms with Crippen molar-refractivity contribution >= 4 is 29.1 Å². The summed E-state index contributed by atoms with van der Waals surface area (Å²) in [5, 5.41) is 5.79. The lowest BCUT2D eigenvalue weighted by atomic mass is 10.0. The molecule has 0 saturated carbocycles. The van der Waals surface area contributed by atoms with Crippen molar-refractivity contribution in [3.63, 3.8) is 0 Å². The third kappa shape index (κ3) is 5.71. The van der Waals surface area contributed by atoms with Crippen LogP contribution in [0.15, 0.2) is 30.3 Å². The number of piperidine rings is 1. The van der Waals surface area contributed by atoms with E-state index >= 15 is 0 Å². The Balaban J connectivity index is 1.73. The largest absolute Gasteiger partial charge is 0.497 e. The maximum Gasteiger partial charge on any atom is 0.433 e. The van der Waals surface area contributed by atoms with Gasteiger partial charge in [0.15, 0.2) is 10.8 Å². The van der Waals surface area contributed by atoms with Crippen molar-refractivity contribution < 1.29 is 17.9 Å². The molecule has 0 bridgehead atoms. The number of nitrogens with one attached hydrogen (secondary N) is 2. The average molecular weight is 440 g/mol. The molecule has 1 atom stereocenters. The van der Waals surface area contributed by atoms with Crippen molar-refractivity contribution in [1.82, 2.24) is 15.3 Å². The Morgan fingerprint density at radius 3 is 2.60 bits per heavy atom. The van der Waals surface area contributed by atoms with Crippen molar-refractivity contribution in [2.24, 2.45) is 0 Å². The third-order valence-corrected chi connectivity index (χ3v) is 5.18. The molecule has 0 radical (unpaired) electrons. The van der Waals surface area contributed by atoms with Gasteiger partial charge in [0.1, 0.15) is 11.6 Å². The summed E-state index contributed by atoms with van der Waals surface area (Å²) in [4.78, 5) is 9.81. The predicted molar refractivity (Wildman–Crippen MR) is 114 cm³/mol. The Bertz CT molecular complexity index is 876. The zero-order chi connectivity index (χ0) is 21.7. The lowest BCUT2D eigenvalue weighted by Gasteiger charge is -2.34. The SMILES string of the molecule is COc1ccc(CNC(=S)Nc2nc(N3CCCC[C@@H]3C)cc(C(F)(F)F)n2)cc1. The average Bonchev–Trinajstić information content (AvgIpc) is 2.72. The van der Waals surface area contributed by atoms with Crippen LogP contribution >= 0.6 is 12.2 Å². The highest BCUT2D eigenvalue weighted by atomic mass is 32.1. The van der Waals surface area contributed by atoms with Crippen molar-refractivity contribution in [3.8, 4) is 5.75 Å². The zero-order valence-corrected chi connectivity index (χ0v) is 17.6. The van der Waals surface area contributed by atoms with Crippen LogP contribution in [-0.4, -0.2) is 34.8 Å². The summed E-state index contributed by atoms with van der Waals surface area (Å²) in [6, 6.07) is 8.48.